The van der Waals surface area contributed by atoms with E-state index >= 15 is 0 Å². The van der Waals surface area contributed by atoms with Crippen LogP contribution in [0.2, 0.25) is 0 Å². The van der Waals surface area contributed by atoms with E-state index in [1.807, 2.05) is 0 Å². The van der Waals surface area contributed by atoms with Gasteiger partial charge in [0.2, 0.25) is 0 Å². The molecule has 0 amide bonds. The molecule has 0 N–H and O–H groups in total. The zero-order valence-electron chi connectivity index (χ0n) is 9.16. The van der Waals surface area contributed by atoms with Gasteiger partial charge in [-0.25, -0.2) is 19.5 Å². The summed E-state index contributed by atoms with van der Waals surface area (Å²) in [7, 11) is -4.89. The molecule has 0 saturated carbocycles. The van der Waals surface area contributed by atoms with Crippen molar-refractivity contribution in [3.63, 3.8) is 0 Å². The summed E-state index contributed by atoms with van der Waals surface area (Å²) in [4.78, 5) is 3.61. The Morgan fingerprint density at radius 3 is 2.33 bits per heavy atom. The molecule has 6 nitrogen and oxygen atoms in total. The summed E-state index contributed by atoms with van der Waals surface area (Å²) in [5.41, 5.74) is 0.267. The van der Waals surface area contributed by atoms with Crippen molar-refractivity contribution in [2.45, 2.75) is 5.03 Å². The van der Waals surface area contributed by atoms with Crippen LogP contribution in [-0.2, 0) is 16.3 Å². The van der Waals surface area contributed by atoms with Gasteiger partial charge in [-0.05, 0) is 12.1 Å². The number of aromatic nitrogens is 1. The molecule has 0 unspecified atom stereocenters. The molecule has 1 aromatic carbocycles. The van der Waals surface area contributed by atoms with Gasteiger partial charge in [-0.2, -0.15) is 0 Å². The van der Waals surface area contributed by atoms with Crippen LogP contribution in [0.25, 0.3) is 10.9 Å². The van der Waals surface area contributed by atoms with Crippen molar-refractivity contribution in [2.24, 2.45) is 0 Å². The molecule has 0 aliphatic carbocycles. The monoisotopic (exact) mass is 389 g/mol. The van der Waals surface area contributed by atoms with E-state index in [0.717, 1.165) is 6.07 Å². The third-order valence-corrected chi connectivity index (χ3v) is 4.97. The summed E-state index contributed by atoms with van der Waals surface area (Å²) >= 11 is -4.09. The van der Waals surface area contributed by atoms with Crippen LogP contribution in [0.5, 0.6) is 0 Å². The number of fused-ring (bicyclic) bond motifs is 1. The minimum atomic E-state index is -4.89. The van der Waals surface area contributed by atoms with Gasteiger partial charge < -0.3 is 4.55 Å². The van der Waals surface area contributed by atoms with E-state index in [2.05, 4.69) is 4.98 Å². The van der Waals surface area contributed by atoms with Gasteiger partial charge in [0.05, 0.1) is 5.52 Å². The first kappa shape index (κ1) is 15.9. The maximum absolute atomic E-state index is 11.0. The Morgan fingerprint density at radius 1 is 1.17 bits per heavy atom. The SMILES string of the molecule is O=I(=O)c1cc2ccccc2nc1S(=O)(=O)[O-].[Na+]. The third kappa shape index (κ3) is 3.25. The Hall–Kier alpha value is -0.130. The standard InChI is InChI=1S/C9H6INO5S.Na/c12-10(13)7-5-6-3-1-2-4-8(6)11-9(7)17(14,15)16;/h1-5H,(H,14,15,16);/q;+1/p-1. The predicted molar refractivity (Wildman–Crippen MR) is 63.8 cm³/mol. The van der Waals surface area contributed by atoms with Gasteiger partial charge in [0, 0.05) is 5.39 Å². The molecule has 2 aromatic rings. The molecule has 0 aliphatic heterocycles. The number of halogens is 1. The second-order valence-corrected chi connectivity index (χ2v) is 6.84. The van der Waals surface area contributed by atoms with Crippen LogP contribution in [0.1, 0.15) is 0 Å². The van der Waals surface area contributed by atoms with Crippen LogP contribution < -0.4 is 29.6 Å². The molecule has 9 heteroatoms. The number of benzene rings is 1. The van der Waals surface area contributed by atoms with E-state index < -0.39 is 38.5 Å². The Morgan fingerprint density at radius 2 is 1.78 bits per heavy atom. The van der Waals surface area contributed by atoms with Crippen molar-refractivity contribution < 1.29 is 48.7 Å². The number of hydrogen-bond acceptors (Lipinski definition) is 6. The van der Waals surface area contributed by atoms with Crippen LogP contribution in [-0.4, -0.2) is 18.0 Å². The first-order valence-corrected chi connectivity index (χ1v) is 8.55. The molecule has 0 saturated heterocycles. The van der Waals surface area contributed by atoms with Crippen LogP contribution in [0.3, 0.4) is 0 Å². The summed E-state index contributed by atoms with van der Waals surface area (Å²) in [6, 6.07) is 7.53. The van der Waals surface area contributed by atoms with Gasteiger partial charge in [0.15, 0.2) is 5.03 Å². The summed E-state index contributed by atoms with van der Waals surface area (Å²) in [6.07, 6.45) is 0. The first-order chi connectivity index (χ1) is 7.89. The van der Waals surface area contributed by atoms with Crippen molar-refractivity contribution in [3.8, 4) is 0 Å². The van der Waals surface area contributed by atoms with Crippen molar-refractivity contribution in [3.05, 3.63) is 33.9 Å². The number of hydrogen-bond donors (Lipinski definition) is 0. The molecular weight excluding hydrogens is 384 g/mol. The van der Waals surface area contributed by atoms with Gasteiger partial charge in [0.1, 0.15) is 13.7 Å². The van der Waals surface area contributed by atoms with E-state index in [4.69, 9.17) is 0 Å². The Kier molecular flexibility index (Phi) is 5.21. The molecule has 0 atom stereocenters. The first-order valence-electron chi connectivity index (χ1n) is 4.30. The maximum atomic E-state index is 11.0. The van der Waals surface area contributed by atoms with E-state index in [9.17, 15) is 19.1 Å². The van der Waals surface area contributed by atoms with Crippen LogP contribution >= 0.6 is 19.8 Å². The number of para-hydroxylation sites is 1. The van der Waals surface area contributed by atoms with Gasteiger partial charge in [-0.3, -0.25) is 0 Å². The fourth-order valence-corrected chi connectivity index (χ4v) is 4.18. The smallest absolute Gasteiger partial charge is 0.743 e. The molecule has 0 radical (unpaired) electrons. The van der Waals surface area contributed by atoms with E-state index in [1.165, 1.54) is 6.07 Å². The molecule has 0 bridgehead atoms. The van der Waals surface area contributed by atoms with Gasteiger partial charge >= 0.3 is 49.4 Å². The zero-order valence-corrected chi connectivity index (χ0v) is 14.1. The van der Waals surface area contributed by atoms with Crippen molar-refractivity contribution in [1.29, 1.82) is 0 Å². The summed E-state index contributed by atoms with van der Waals surface area (Å²) in [5.74, 6) is 0. The van der Waals surface area contributed by atoms with Crippen LogP contribution in [0.4, 0.5) is 0 Å². The largest absolute Gasteiger partial charge is 1.00 e. The molecule has 0 fully saturated rings. The summed E-state index contributed by atoms with van der Waals surface area (Å²) < 4.78 is 54.3. The van der Waals surface area contributed by atoms with E-state index in [1.54, 1.807) is 18.2 Å². The molecule has 0 aliphatic rings. The Balaban J connectivity index is 0.00000162. The quantitative estimate of drug-likeness (QED) is 0.352. The van der Waals surface area contributed by atoms with Gasteiger partial charge in [0.25, 0.3) is 0 Å². The fraction of sp³-hybridized carbons (Fsp3) is 0. The Bertz CT molecular complexity index is 764. The molecule has 2 rings (SSSR count). The third-order valence-electron chi connectivity index (χ3n) is 2.05. The predicted octanol–water partition coefficient (Wildman–Crippen LogP) is -1.49. The molecule has 18 heavy (non-hydrogen) atoms. The van der Waals surface area contributed by atoms with Gasteiger partial charge in [-0.15, -0.1) is 0 Å². The van der Waals surface area contributed by atoms with E-state index in [0.29, 0.717) is 5.39 Å². The number of pyridine rings is 1. The normalized spacial score (nSPS) is 11.4. The van der Waals surface area contributed by atoms with Crippen molar-refractivity contribution in [2.75, 3.05) is 0 Å². The minimum Gasteiger partial charge on any atom is -0.743 e. The van der Waals surface area contributed by atoms with Crippen LogP contribution in [0.15, 0.2) is 35.4 Å². The maximum Gasteiger partial charge on any atom is 1.00 e. The molecule has 1 aromatic heterocycles. The molecule has 90 valence electrons. The van der Waals surface area contributed by atoms with Crippen LogP contribution in [0, 0.1) is 3.57 Å². The molecular formula is C9H5INNaO5S. The number of rotatable bonds is 2. The fourth-order valence-electron chi connectivity index (χ4n) is 1.36. The average molecular weight is 389 g/mol. The summed E-state index contributed by atoms with van der Waals surface area (Å²) in [6.45, 7) is 0. The van der Waals surface area contributed by atoms with E-state index in [-0.39, 0.29) is 35.1 Å². The van der Waals surface area contributed by atoms with Gasteiger partial charge in [-0.1, -0.05) is 18.2 Å². The average Bonchev–Trinajstić information content (AvgIpc) is 2.26. The molecule has 1 heterocycles. The zero-order chi connectivity index (χ0) is 12.6. The molecule has 0 spiro atoms. The number of nitrogens with zero attached hydrogens (tertiary/aromatic N) is 1. The Labute approximate surface area is 132 Å². The van der Waals surface area contributed by atoms with Crippen molar-refractivity contribution in [1.82, 2.24) is 4.98 Å². The second-order valence-electron chi connectivity index (χ2n) is 3.14. The second kappa shape index (κ2) is 5.88. The summed E-state index contributed by atoms with van der Waals surface area (Å²) in [5, 5.41) is -0.435. The topological polar surface area (TPSA) is 104 Å². The minimum absolute atomic E-state index is 0. The van der Waals surface area contributed by atoms with Crippen molar-refractivity contribution >= 4 is 40.8 Å².